The molecule has 0 heterocycles. The molecule has 0 aliphatic rings. The number of rotatable bonds is 3. The van der Waals surface area contributed by atoms with Crippen molar-refractivity contribution in [3.8, 4) is 0 Å². The van der Waals surface area contributed by atoms with E-state index in [1.165, 1.54) is 11.1 Å². The molecule has 1 nitrogen and oxygen atoms in total. The van der Waals surface area contributed by atoms with Crippen molar-refractivity contribution in [2.45, 2.75) is 33.2 Å². The Balaban J connectivity index is 2.82. The molecular formula is C12H19N. The van der Waals surface area contributed by atoms with E-state index < -0.39 is 0 Å². The van der Waals surface area contributed by atoms with Gasteiger partial charge in [0.2, 0.25) is 0 Å². The second-order valence-corrected chi connectivity index (χ2v) is 3.83. The molecule has 1 aromatic rings. The van der Waals surface area contributed by atoms with Gasteiger partial charge in [0.1, 0.15) is 0 Å². The first-order chi connectivity index (χ1) is 6.15. The molecule has 0 radical (unpaired) electrons. The number of nitrogens with two attached hydrogens (primary N) is 1. The second-order valence-electron chi connectivity index (χ2n) is 3.83. The summed E-state index contributed by atoms with van der Waals surface area (Å²) in [6, 6.07) is 8.66. The maximum atomic E-state index is 6.12. The zero-order valence-electron chi connectivity index (χ0n) is 8.75. The van der Waals surface area contributed by atoms with Crippen molar-refractivity contribution >= 4 is 0 Å². The highest BCUT2D eigenvalue weighted by molar-refractivity contribution is 5.25. The van der Waals surface area contributed by atoms with Gasteiger partial charge in [0.15, 0.2) is 0 Å². The van der Waals surface area contributed by atoms with E-state index in [2.05, 4.69) is 45.0 Å². The summed E-state index contributed by atoms with van der Waals surface area (Å²) < 4.78 is 0. The van der Waals surface area contributed by atoms with E-state index in [0.29, 0.717) is 5.92 Å². The van der Waals surface area contributed by atoms with Crippen molar-refractivity contribution in [2.75, 3.05) is 0 Å². The van der Waals surface area contributed by atoms with Crippen LogP contribution in [-0.2, 0) is 0 Å². The van der Waals surface area contributed by atoms with E-state index in [1.54, 1.807) is 0 Å². The highest BCUT2D eigenvalue weighted by Gasteiger charge is 2.12. The molecule has 0 saturated heterocycles. The van der Waals surface area contributed by atoms with E-state index in [1.807, 2.05) is 0 Å². The van der Waals surface area contributed by atoms with Gasteiger partial charge in [0.05, 0.1) is 0 Å². The van der Waals surface area contributed by atoms with Crippen molar-refractivity contribution < 1.29 is 0 Å². The van der Waals surface area contributed by atoms with E-state index in [9.17, 15) is 0 Å². The summed E-state index contributed by atoms with van der Waals surface area (Å²) in [5.74, 6) is 0.557. The molecule has 0 aliphatic heterocycles. The molecule has 0 spiro atoms. The summed E-state index contributed by atoms with van der Waals surface area (Å²) in [5, 5.41) is 0. The van der Waals surface area contributed by atoms with Gasteiger partial charge >= 0.3 is 0 Å². The molecular weight excluding hydrogens is 158 g/mol. The lowest BCUT2D eigenvalue weighted by Gasteiger charge is -2.18. The zero-order valence-corrected chi connectivity index (χ0v) is 8.75. The van der Waals surface area contributed by atoms with Gasteiger partial charge in [-0.2, -0.15) is 0 Å². The molecule has 13 heavy (non-hydrogen) atoms. The molecule has 0 fully saturated rings. The molecule has 72 valence electrons. The van der Waals surface area contributed by atoms with Crippen LogP contribution in [0.2, 0.25) is 0 Å². The predicted octanol–water partition coefficient (Wildman–Crippen LogP) is 3.04. The summed E-state index contributed by atoms with van der Waals surface area (Å²) in [4.78, 5) is 0. The lowest BCUT2D eigenvalue weighted by molar-refractivity contribution is 0.456. The molecule has 1 heteroatoms. The molecule has 1 unspecified atom stereocenters. The van der Waals surface area contributed by atoms with Crippen LogP contribution in [0.1, 0.15) is 37.4 Å². The van der Waals surface area contributed by atoms with Gasteiger partial charge in [-0.25, -0.2) is 0 Å². The van der Waals surface area contributed by atoms with E-state index in [0.717, 1.165) is 6.42 Å². The summed E-state index contributed by atoms with van der Waals surface area (Å²) in [5.41, 5.74) is 8.66. The fraction of sp³-hybridized carbons (Fsp3) is 0.500. The average molecular weight is 177 g/mol. The lowest BCUT2D eigenvalue weighted by atomic mass is 9.93. The monoisotopic (exact) mass is 177 g/mol. The van der Waals surface area contributed by atoms with Crippen LogP contribution < -0.4 is 5.73 Å². The quantitative estimate of drug-likeness (QED) is 0.754. The molecule has 0 aliphatic carbocycles. The molecule has 0 saturated carbocycles. The van der Waals surface area contributed by atoms with Crippen LogP contribution >= 0.6 is 0 Å². The first-order valence-corrected chi connectivity index (χ1v) is 4.97. The van der Waals surface area contributed by atoms with Crippen molar-refractivity contribution in [3.63, 3.8) is 0 Å². The Morgan fingerprint density at radius 1 is 1.38 bits per heavy atom. The van der Waals surface area contributed by atoms with Gasteiger partial charge in [-0.15, -0.1) is 0 Å². The Morgan fingerprint density at radius 3 is 2.62 bits per heavy atom. The molecule has 1 rings (SSSR count). The van der Waals surface area contributed by atoms with Crippen molar-refractivity contribution in [3.05, 3.63) is 35.4 Å². The molecule has 0 amide bonds. The third-order valence-electron chi connectivity index (χ3n) is 2.68. The first kappa shape index (κ1) is 10.3. The van der Waals surface area contributed by atoms with Gasteiger partial charge in [-0.1, -0.05) is 50.1 Å². The fourth-order valence-corrected chi connectivity index (χ4v) is 1.46. The van der Waals surface area contributed by atoms with Gasteiger partial charge < -0.3 is 5.73 Å². The lowest BCUT2D eigenvalue weighted by Crippen LogP contribution is -2.18. The van der Waals surface area contributed by atoms with Gasteiger partial charge in [-0.05, 0) is 18.4 Å². The van der Waals surface area contributed by atoms with E-state index in [4.69, 9.17) is 5.73 Å². The standard InChI is InChI=1S/C12H19N/c1-4-10(3)12(13)11-7-5-6-9(2)8-11/h5-8,10,12H,4,13H2,1-3H3/t10?,12-/m1/s1. The maximum absolute atomic E-state index is 6.12. The van der Waals surface area contributed by atoms with Crippen LogP contribution in [0.3, 0.4) is 0 Å². The van der Waals surface area contributed by atoms with Crippen LogP contribution in [-0.4, -0.2) is 0 Å². The number of hydrogen-bond donors (Lipinski definition) is 1. The molecule has 1 aromatic carbocycles. The van der Waals surface area contributed by atoms with Crippen LogP contribution in [0.15, 0.2) is 24.3 Å². The maximum Gasteiger partial charge on any atom is 0.0320 e. The largest absolute Gasteiger partial charge is 0.324 e. The summed E-state index contributed by atoms with van der Waals surface area (Å²) in [7, 11) is 0. The fourth-order valence-electron chi connectivity index (χ4n) is 1.46. The Bertz CT molecular complexity index is 268. The molecule has 0 aromatic heterocycles. The Hall–Kier alpha value is -0.820. The minimum atomic E-state index is 0.185. The summed E-state index contributed by atoms with van der Waals surface area (Å²) in [6.45, 7) is 6.49. The van der Waals surface area contributed by atoms with Crippen LogP contribution in [0, 0.1) is 12.8 Å². The van der Waals surface area contributed by atoms with Crippen molar-refractivity contribution in [1.29, 1.82) is 0 Å². The normalized spacial score (nSPS) is 15.4. The minimum absolute atomic E-state index is 0.185. The number of benzene rings is 1. The van der Waals surface area contributed by atoms with Crippen LogP contribution in [0.25, 0.3) is 0 Å². The van der Waals surface area contributed by atoms with Crippen LogP contribution in [0.5, 0.6) is 0 Å². The van der Waals surface area contributed by atoms with E-state index >= 15 is 0 Å². The minimum Gasteiger partial charge on any atom is -0.324 e. The summed E-state index contributed by atoms with van der Waals surface area (Å²) in [6.07, 6.45) is 1.13. The summed E-state index contributed by atoms with van der Waals surface area (Å²) >= 11 is 0. The zero-order chi connectivity index (χ0) is 9.84. The number of hydrogen-bond acceptors (Lipinski definition) is 1. The molecule has 0 bridgehead atoms. The highest BCUT2D eigenvalue weighted by atomic mass is 14.6. The smallest absolute Gasteiger partial charge is 0.0320 e. The Morgan fingerprint density at radius 2 is 2.08 bits per heavy atom. The SMILES string of the molecule is CCC(C)[C@@H](N)c1cccc(C)c1. The van der Waals surface area contributed by atoms with Gasteiger partial charge in [-0.3, -0.25) is 0 Å². The highest BCUT2D eigenvalue weighted by Crippen LogP contribution is 2.21. The number of aryl methyl sites for hydroxylation is 1. The topological polar surface area (TPSA) is 26.0 Å². The Labute approximate surface area is 81.0 Å². The van der Waals surface area contributed by atoms with Crippen LogP contribution in [0.4, 0.5) is 0 Å². The van der Waals surface area contributed by atoms with Gasteiger partial charge in [0.25, 0.3) is 0 Å². The predicted molar refractivity (Wildman–Crippen MR) is 57.6 cm³/mol. The van der Waals surface area contributed by atoms with Crippen molar-refractivity contribution in [2.24, 2.45) is 11.7 Å². The van der Waals surface area contributed by atoms with Crippen molar-refractivity contribution in [1.82, 2.24) is 0 Å². The third-order valence-corrected chi connectivity index (χ3v) is 2.68. The van der Waals surface area contributed by atoms with E-state index in [-0.39, 0.29) is 6.04 Å². The Kier molecular flexibility index (Phi) is 3.49. The molecule has 2 atom stereocenters. The molecule has 2 N–H and O–H groups in total. The second kappa shape index (κ2) is 4.43. The third kappa shape index (κ3) is 2.56. The van der Waals surface area contributed by atoms with Gasteiger partial charge in [0, 0.05) is 6.04 Å². The average Bonchev–Trinajstić information content (AvgIpc) is 2.15. The first-order valence-electron chi connectivity index (χ1n) is 4.97.